The third-order valence-corrected chi connectivity index (χ3v) is 7.19. The molecule has 9 heteroatoms. The summed E-state index contributed by atoms with van der Waals surface area (Å²) in [6.45, 7) is 0.710. The molecule has 1 aromatic carbocycles. The maximum Gasteiger partial charge on any atom is 0.245 e. The second kappa shape index (κ2) is 7.31. The molecule has 0 N–H and O–H groups in total. The van der Waals surface area contributed by atoms with E-state index in [0.29, 0.717) is 18.2 Å². The molecule has 0 bridgehead atoms. The molecule has 3 heterocycles. The molecule has 2 saturated heterocycles. The number of aromatic nitrogens is 1. The average molecular weight is 407 g/mol. The van der Waals surface area contributed by atoms with Crippen LogP contribution in [0.5, 0.6) is 5.88 Å². The third-order valence-electron chi connectivity index (χ3n) is 5.25. The Kier molecular flexibility index (Phi) is 4.98. The Morgan fingerprint density at radius 3 is 2.68 bits per heavy atom. The van der Waals surface area contributed by atoms with E-state index in [4.69, 9.17) is 9.47 Å². The molecule has 1 aromatic heterocycles. The fourth-order valence-corrected chi connectivity index (χ4v) is 5.57. The molecule has 2 fully saturated rings. The van der Waals surface area contributed by atoms with Gasteiger partial charge in [-0.3, -0.25) is 0 Å². The van der Waals surface area contributed by atoms with Crippen LogP contribution in [-0.4, -0.2) is 63.0 Å². The Labute approximate surface area is 163 Å². The summed E-state index contributed by atoms with van der Waals surface area (Å²) in [5.41, 5.74) is -1.48. The molecule has 0 aliphatic carbocycles. The first-order chi connectivity index (χ1) is 13.5. The second-order valence-corrected chi connectivity index (χ2v) is 8.65. The van der Waals surface area contributed by atoms with Gasteiger partial charge in [0.2, 0.25) is 15.9 Å². The van der Waals surface area contributed by atoms with Crippen molar-refractivity contribution >= 4 is 15.8 Å². The standard InChI is InChI=1S/C19H22FN3O4S/c1-26-18-9-5-8-17(21-18)22-11-10-19(16(20)14-22)23(12-13-27-19)28(24,25)15-6-3-2-4-7-15/h2-9,16H,10-14H2,1H3. The predicted octanol–water partition coefficient (Wildman–Crippen LogP) is 2.06. The lowest BCUT2D eigenvalue weighted by atomic mass is 9.98. The zero-order chi connectivity index (χ0) is 19.8. The number of sulfonamides is 1. The molecule has 2 unspecified atom stereocenters. The molecule has 0 saturated carbocycles. The number of hydrogen-bond donors (Lipinski definition) is 0. The molecule has 2 aliphatic rings. The lowest BCUT2D eigenvalue weighted by molar-refractivity contribution is -0.116. The number of methoxy groups -OCH3 is 1. The molecule has 4 rings (SSSR count). The first-order valence-corrected chi connectivity index (χ1v) is 10.5. The predicted molar refractivity (Wildman–Crippen MR) is 102 cm³/mol. The Morgan fingerprint density at radius 1 is 1.18 bits per heavy atom. The highest BCUT2D eigenvalue weighted by molar-refractivity contribution is 7.89. The van der Waals surface area contributed by atoms with Crippen LogP contribution in [0.15, 0.2) is 53.4 Å². The minimum Gasteiger partial charge on any atom is -0.481 e. The number of hydrogen-bond acceptors (Lipinski definition) is 6. The van der Waals surface area contributed by atoms with E-state index in [2.05, 4.69) is 4.98 Å². The van der Waals surface area contributed by atoms with Crippen LogP contribution < -0.4 is 9.64 Å². The maximum absolute atomic E-state index is 15.4. The van der Waals surface area contributed by atoms with Gasteiger partial charge in [-0.15, -0.1) is 0 Å². The lowest BCUT2D eigenvalue weighted by Gasteiger charge is -2.45. The van der Waals surface area contributed by atoms with Gasteiger partial charge in [0.05, 0.1) is 25.2 Å². The van der Waals surface area contributed by atoms with Gasteiger partial charge in [-0.25, -0.2) is 12.8 Å². The van der Waals surface area contributed by atoms with Crippen LogP contribution in [-0.2, 0) is 14.8 Å². The topological polar surface area (TPSA) is 72.0 Å². The SMILES string of the molecule is COc1cccc(N2CCC3(OCCN3S(=O)(=O)c3ccccc3)C(F)C2)n1. The summed E-state index contributed by atoms with van der Waals surface area (Å²) in [7, 11) is -2.34. The number of piperidine rings is 1. The van der Waals surface area contributed by atoms with Crippen LogP contribution in [0, 0.1) is 0 Å². The van der Waals surface area contributed by atoms with E-state index in [1.54, 1.807) is 41.3 Å². The van der Waals surface area contributed by atoms with Crippen LogP contribution in [0.3, 0.4) is 0 Å². The highest BCUT2D eigenvalue weighted by atomic mass is 32.2. The van der Waals surface area contributed by atoms with Crippen LogP contribution in [0.4, 0.5) is 10.2 Å². The first-order valence-electron chi connectivity index (χ1n) is 9.09. The zero-order valence-electron chi connectivity index (χ0n) is 15.5. The van der Waals surface area contributed by atoms with Gasteiger partial charge >= 0.3 is 0 Å². The molecule has 150 valence electrons. The van der Waals surface area contributed by atoms with Crippen molar-refractivity contribution in [2.75, 3.05) is 38.3 Å². The van der Waals surface area contributed by atoms with Gasteiger partial charge in [-0.1, -0.05) is 24.3 Å². The molecule has 1 spiro atoms. The molecule has 2 aromatic rings. The van der Waals surface area contributed by atoms with Crippen molar-refractivity contribution in [3.8, 4) is 5.88 Å². The molecular weight excluding hydrogens is 385 g/mol. The smallest absolute Gasteiger partial charge is 0.245 e. The largest absolute Gasteiger partial charge is 0.481 e. The summed E-state index contributed by atoms with van der Waals surface area (Å²) < 4.78 is 53.7. The monoisotopic (exact) mass is 407 g/mol. The zero-order valence-corrected chi connectivity index (χ0v) is 16.3. The molecular formula is C19H22FN3O4S. The third kappa shape index (κ3) is 3.13. The summed E-state index contributed by atoms with van der Waals surface area (Å²) in [6.07, 6.45) is -1.31. The van der Waals surface area contributed by atoms with Gasteiger partial charge in [0.25, 0.3) is 0 Å². The fourth-order valence-electron chi connectivity index (χ4n) is 3.83. The fraction of sp³-hybridized carbons (Fsp3) is 0.421. The van der Waals surface area contributed by atoms with Gasteiger partial charge < -0.3 is 14.4 Å². The van der Waals surface area contributed by atoms with Crippen molar-refractivity contribution in [1.29, 1.82) is 0 Å². The summed E-state index contributed by atoms with van der Waals surface area (Å²) in [5.74, 6) is 1.03. The average Bonchev–Trinajstić information content (AvgIpc) is 3.16. The molecule has 0 radical (unpaired) electrons. The Morgan fingerprint density at radius 2 is 1.96 bits per heavy atom. The van der Waals surface area contributed by atoms with Crippen molar-refractivity contribution in [3.05, 3.63) is 48.5 Å². The number of halogens is 1. The van der Waals surface area contributed by atoms with Crippen molar-refractivity contribution < 1.29 is 22.3 Å². The Bertz CT molecular complexity index is 943. The van der Waals surface area contributed by atoms with Gasteiger partial charge in [-0.2, -0.15) is 9.29 Å². The first kappa shape index (κ1) is 19.1. The minimum absolute atomic E-state index is 0.0129. The van der Waals surface area contributed by atoms with Crippen molar-refractivity contribution in [3.63, 3.8) is 0 Å². The van der Waals surface area contributed by atoms with Gasteiger partial charge in [0.1, 0.15) is 5.82 Å². The summed E-state index contributed by atoms with van der Waals surface area (Å²) in [5, 5.41) is 0. The summed E-state index contributed by atoms with van der Waals surface area (Å²) >= 11 is 0. The quantitative estimate of drug-likeness (QED) is 0.773. The number of pyridine rings is 1. The van der Waals surface area contributed by atoms with Crippen LogP contribution in [0.25, 0.3) is 0 Å². The van der Waals surface area contributed by atoms with E-state index in [9.17, 15) is 8.42 Å². The minimum atomic E-state index is -3.86. The van der Waals surface area contributed by atoms with E-state index in [1.807, 2.05) is 0 Å². The number of anilines is 1. The van der Waals surface area contributed by atoms with Crippen molar-refractivity contribution in [2.24, 2.45) is 0 Å². The van der Waals surface area contributed by atoms with E-state index >= 15 is 4.39 Å². The van der Waals surface area contributed by atoms with E-state index in [-0.39, 0.29) is 31.0 Å². The molecule has 7 nitrogen and oxygen atoms in total. The Balaban J connectivity index is 1.60. The van der Waals surface area contributed by atoms with E-state index in [1.165, 1.54) is 23.5 Å². The van der Waals surface area contributed by atoms with E-state index < -0.39 is 21.9 Å². The van der Waals surface area contributed by atoms with Gasteiger partial charge in [0, 0.05) is 25.6 Å². The van der Waals surface area contributed by atoms with Crippen molar-refractivity contribution in [1.82, 2.24) is 9.29 Å². The number of ether oxygens (including phenoxy) is 2. The number of benzene rings is 1. The summed E-state index contributed by atoms with van der Waals surface area (Å²) in [4.78, 5) is 6.27. The normalized spacial score (nSPS) is 25.9. The number of alkyl halides is 1. The molecule has 0 amide bonds. The van der Waals surface area contributed by atoms with Crippen LogP contribution >= 0.6 is 0 Å². The maximum atomic E-state index is 15.4. The summed E-state index contributed by atoms with van der Waals surface area (Å²) in [6, 6.07) is 13.4. The van der Waals surface area contributed by atoms with Crippen LogP contribution in [0.1, 0.15) is 6.42 Å². The van der Waals surface area contributed by atoms with Gasteiger partial charge in [-0.05, 0) is 18.2 Å². The highest BCUT2D eigenvalue weighted by Crippen LogP contribution is 2.40. The lowest BCUT2D eigenvalue weighted by Crippen LogP contribution is -2.62. The van der Waals surface area contributed by atoms with E-state index in [0.717, 1.165) is 0 Å². The molecule has 2 aliphatic heterocycles. The second-order valence-electron chi connectivity index (χ2n) is 6.79. The Hall–Kier alpha value is -2.23. The molecule has 2 atom stereocenters. The van der Waals surface area contributed by atoms with Crippen LogP contribution in [0.2, 0.25) is 0 Å². The number of rotatable bonds is 4. The molecule has 28 heavy (non-hydrogen) atoms. The van der Waals surface area contributed by atoms with Crippen molar-refractivity contribution in [2.45, 2.75) is 23.2 Å². The highest BCUT2D eigenvalue weighted by Gasteiger charge is 2.56. The van der Waals surface area contributed by atoms with Gasteiger partial charge in [0.15, 0.2) is 11.9 Å². The number of nitrogens with zero attached hydrogens (tertiary/aromatic N) is 3.